The molecule has 0 fully saturated rings. The van der Waals surface area contributed by atoms with Gasteiger partial charge in [-0.05, 0) is 0 Å². The largest absolute Gasteiger partial charge is 0.481 e. The predicted octanol–water partition coefficient (Wildman–Crippen LogP) is -2.26. The second-order valence-electron chi connectivity index (χ2n) is 3.91. The zero-order valence-electron chi connectivity index (χ0n) is 10.5. The molecule has 130 valence electrons. The number of thiol groups is 1. The summed E-state index contributed by atoms with van der Waals surface area (Å²) in [7, 11) is -11.0. The molecule has 0 amide bonds. The molecule has 8 N–H and O–H groups in total. The number of hydrogen-bond acceptors (Lipinski definition) is 9. The first kappa shape index (κ1) is 21.5. The second-order valence-corrected chi connectivity index (χ2v) is 7.06. The van der Waals surface area contributed by atoms with Gasteiger partial charge in [0.05, 0.1) is 0 Å². The van der Waals surface area contributed by atoms with Gasteiger partial charge in [-0.1, -0.05) is 0 Å². The molecule has 0 bridgehead atoms. The fourth-order valence-electron chi connectivity index (χ4n) is 1.09. The van der Waals surface area contributed by atoms with Crippen LogP contribution in [-0.4, -0.2) is 65.4 Å². The molecule has 0 saturated carbocycles. The highest BCUT2D eigenvalue weighted by Gasteiger charge is 2.59. The van der Waals surface area contributed by atoms with Gasteiger partial charge in [0.15, 0.2) is 5.54 Å². The molecule has 0 heterocycles. The van der Waals surface area contributed by atoms with Crippen LogP contribution >= 0.6 is 28.3 Å². The van der Waals surface area contributed by atoms with Crippen LogP contribution in [0.15, 0.2) is 0 Å². The van der Waals surface area contributed by atoms with Crippen molar-refractivity contribution < 1.29 is 57.6 Å². The quantitative estimate of drug-likeness (QED) is 0.155. The number of carbonyl (C=O) groups is 2. The Morgan fingerprint density at radius 1 is 1.14 bits per heavy atom. The van der Waals surface area contributed by atoms with Gasteiger partial charge in [-0.2, -0.15) is 16.9 Å². The first-order chi connectivity index (χ1) is 9.61. The van der Waals surface area contributed by atoms with Gasteiger partial charge in [0.1, 0.15) is 6.61 Å². The van der Waals surface area contributed by atoms with E-state index < -0.39 is 51.1 Å². The van der Waals surface area contributed by atoms with Gasteiger partial charge in [0.25, 0.3) is 0 Å². The molecule has 0 aromatic carbocycles. The first-order valence-corrected chi connectivity index (χ1v) is 8.60. The Bertz CT molecular complexity index is 548. The number of rotatable bonds is 9. The van der Waals surface area contributed by atoms with Gasteiger partial charge >= 0.3 is 27.6 Å². The van der Waals surface area contributed by atoms with Gasteiger partial charge in [-0.25, -0.2) is 13.9 Å². The van der Waals surface area contributed by atoms with Crippen molar-refractivity contribution in [3.05, 3.63) is 0 Å². The fourth-order valence-corrected chi connectivity index (χ4v) is 3.10. The molecule has 0 rings (SSSR count). The van der Waals surface area contributed by atoms with E-state index in [4.69, 9.17) is 30.6 Å². The topological polar surface area (TPSA) is 234 Å². The van der Waals surface area contributed by atoms with Crippen molar-refractivity contribution in [3.8, 4) is 0 Å². The molecule has 0 radical (unpaired) electrons. The summed E-state index contributed by atoms with van der Waals surface area (Å²) in [6.45, 7) is -1.74. The van der Waals surface area contributed by atoms with E-state index in [9.17, 15) is 23.8 Å². The summed E-state index contributed by atoms with van der Waals surface area (Å²) >= 11 is 3.49. The highest BCUT2D eigenvalue weighted by Crippen LogP contribution is 2.57. The standard InChI is InChI=1S/C6H13NO12P2S/c7-5(2-22,3(8)9)6(12,4(10)11)1-18-21(16,17)19-20(13,14)15/h12,22H,1-2,7H2,(H,8,9)(H,10,11)(H,16,17)(H2,13,14,15)/t5-,6?/m0/s1. The van der Waals surface area contributed by atoms with Crippen LogP contribution in [0, 0.1) is 0 Å². The van der Waals surface area contributed by atoms with Gasteiger partial charge in [0.2, 0.25) is 5.60 Å². The van der Waals surface area contributed by atoms with Gasteiger partial charge < -0.3 is 35.7 Å². The summed E-state index contributed by atoms with van der Waals surface area (Å²) in [5.74, 6) is -5.20. The van der Waals surface area contributed by atoms with Crippen LogP contribution in [0.5, 0.6) is 0 Å². The predicted molar refractivity (Wildman–Crippen MR) is 69.9 cm³/mol. The number of carboxylic acid groups (broad SMARTS) is 2. The van der Waals surface area contributed by atoms with Crippen molar-refractivity contribution in [3.63, 3.8) is 0 Å². The number of carboxylic acids is 2. The van der Waals surface area contributed by atoms with Crippen molar-refractivity contribution >= 4 is 40.2 Å². The average molecular weight is 385 g/mol. The molecule has 0 spiro atoms. The van der Waals surface area contributed by atoms with Crippen LogP contribution in [0.3, 0.4) is 0 Å². The Morgan fingerprint density at radius 2 is 1.59 bits per heavy atom. The molecule has 3 atom stereocenters. The minimum absolute atomic E-state index is 0.927. The van der Waals surface area contributed by atoms with Crippen molar-refractivity contribution in [1.82, 2.24) is 0 Å². The lowest BCUT2D eigenvalue weighted by Gasteiger charge is -2.36. The van der Waals surface area contributed by atoms with E-state index in [1.807, 2.05) is 0 Å². The number of nitrogens with two attached hydrogens (primary N) is 1. The molecule has 22 heavy (non-hydrogen) atoms. The summed E-state index contributed by atoms with van der Waals surface area (Å²) in [5, 5.41) is 27.7. The molecule has 0 aromatic rings. The molecule has 2 unspecified atom stereocenters. The third kappa shape index (κ3) is 4.99. The van der Waals surface area contributed by atoms with Crippen molar-refractivity contribution in [2.24, 2.45) is 5.73 Å². The van der Waals surface area contributed by atoms with Crippen LogP contribution in [0.2, 0.25) is 0 Å². The Hall–Kier alpha value is -0.530. The number of hydrogen-bond donors (Lipinski definition) is 8. The molecule has 13 nitrogen and oxygen atoms in total. The van der Waals surface area contributed by atoms with Crippen LogP contribution in [0.4, 0.5) is 0 Å². The minimum atomic E-state index is -5.52. The SMILES string of the molecule is N[C@@](CS)(C(=O)O)C(O)(COP(=O)(O)OP(=O)(O)O)C(=O)O. The van der Waals surface area contributed by atoms with E-state index in [-0.39, 0.29) is 0 Å². The molecule has 0 aliphatic carbocycles. The molecule has 0 aliphatic rings. The third-order valence-corrected chi connectivity index (χ3v) is 5.00. The molecular formula is C6H13NO12P2S. The van der Waals surface area contributed by atoms with E-state index in [1.54, 1.807) is 0 Å². The van der Waals surface area contributed by atoms with Crippen LogP contribution in [-0.2, 0) is 27.6 Å². The van der Waals surface area contributed by atoms with E-state index in [0.29, 0.717) is 0 Å². The smallest absolute Gasteiger partial charge is 0.480 e. The lowest BCUT2D eigenvalue weighted by atomic mass is 9.82. The minimum Gasteiger partial charge on any atom is -0.480 e. The molecule has 0 saturated heterocycles. The zero-order chi connectivity index (χ0) is 18.0. The summed E-state index contributed by atoms with van der Waals surface area (Å²) in [4.78, 5) is 47.8. The lowest BCUT2D eigenvalue weighted by Crippen LogP contribution is -2.72. The van der Waals surface area contributed by atoms with Crippen LogP contribution in [0.1, 0.15) is 0 Å². The molecular weight excluding hydrogens is 372 g/mol. The van der Waals surface area contributed by atoms with E-state index in [0.717, 1.165) is 0 Å². The van der Waals surface area contributed by atoms with E-state index in [1.165, 1.54) is 0 Å². The second kappa shape index (κ2) is 6.93. The summed E-state index contributed by atoms with van der Waals surface area (Å²) < 4.78 is 28.9. The Balaban J connectivity index is 5.49. The number of aliphatic hydroxyl groups is 1. The molecule has 0 aliphatic heterocycles. The van der Waals surface area contributed by atoms with E-state index >= 15 is 0 Å². The average Bonchev–Trinajstić information content (AvgIpc) is 2.31. The number of aliphatic carboxylic acids is 2. The molecule has 16 heteroatoms. The Labute approximate surface area is 127 Å². The monoisotopic (exact) mass is 385 g/mol. The van der Waals surface area contributed by atoms with Gasteiger partial charge in [-0.15, -0.1) is 0 Å². The maximum atomic E-state index is 11.2. The molecule has 0 aromatic heterocycles. The third-order valence-electron chi connectivity index (χ3n) is 2.37. The summed E-state index contributed by atoms with van der Waals surface area (Å²) in [6.07, 6.45) is 0. The fraction of sp³-hybridized carbons (Fsp3) is 0.667. The number of phosphoric ester groups is 1. The van der Waals surface area contributed by atoms with Crippen LogP contribution < -0.4 is 5.73 Å². The zero-order valence-corrected chi connectivity index (χ0v) is 13.1. The summed E-state index contributed by atoms with van der Waals surface area (Å²) in [6, 6.07) is 0. The Kier molecular flexibility index (Phi) is 6.76. The maximum Gasteiger partial charge on any atom is 0.481 e. The van der Waals surface area contributed by atoms with Crippen molar-refractivity contribution in [1.29, 1.82) is 0 Å². The highest BCUT2D eigenvalue weighted by atomic mass is 32.1. The highest BCUT2D eigenvalue weighted by molar-refractivity contribution is 7.80. The van der Waals surface area contributed by atoms with Gasteiger partial charge in [0, 0.05) is 5.75 Å². The maximum absolute atomic E-state index is 11.2. The first-order valence-electron chi connectivity index (χ1n) is 4.94. The normalized spacial score (nSPS) is 20.5. The van der Waals surface area contributed by atoms with E-state index in [2.05, 4.69) is 21.5 Å². The van der Waals surface area contributed by atoms with Gasteiger partial charge in [-0.3, -0.25) is 9.32 Å². The van der Waals surface area contributed by atoms with Crippen molar-refractivity contribution in [2.45, 2.75) is 11.1 Å². The Morgan fingerprint density at radius 3 is 1.86 bits per heavy atom. The van der Waals surface area contributed by atoms with Crippen LogP contribution in [0.25, 0.3) is 0 Å². The van der Waals surface area contributed by atoms with Crippen molar-refractivity contribution in [2.75, 3.05) is 12.4 Å². The lowest BCUT2D eigenvalue weighted by molar-refractivity contribution is -0.180. The number of phosphoric acid groups is 2. The summed E-state index contributed by atoms with van der Waals surface area (Å²) in [5.41, 5.74) is -1.19.